The predicted molar refractivity (Wildman–Crippen MR) is 75.0 cm³/mol. The Labute approximate surface area is 112 Å². The Morgan fingerprint density at radius 1 is 1.26 bits per heavy atom. The molecule has 0 radical (unpaired) electrons. The number of benzene rings is 1. The number of para-hydroxylation sites is 1. The molecule has 2 heterocycles. The predicted octanol–water partition coefficient (Wildman–Crippen LogP) is 1.80. The van der Waals surface area contributed by atoms with Crippen molar-refractivity contribution in [1.82, 2.24) is 10.3 Å². The summed E-state index contributed by atoms with van der Waals surface area (Å²) in [5.41, 5.74) is 2.22. The number of H-pyrrole nitrogens is 1. The van der Waals surface area contributed by atoms with E-state index in [2.05, 4.69) is 28.5 Å². The number of ether oxygens (including phenoxy) is 1. The van der Waals surface area contributed by atoms with E-state index in [4.69, 9.17) is 4.74 Å². The van der Waals surface area contributed by atoms with Crippen LogP contribution in [0.5, 0.6) is 0 Å². The first-order chi connectivity index (χ1) is 9.33. The zero-order valence-corrected chi connectivity index (χ0v) is 11.0. The molecule has 1 aromatic carbocycles. The van der Waals surface area contributed by atoms with Crippen molar-refractivity contribution in [3.05, 3.63) is 36.0 Å². The van der Waals surface area contributed by atoms with Crippen LogP contribution in [0.3, 0.4) is 0 Å². The maximum absolute atomic E-state index is 9.66. The summed E-state index contributed by atoms with van der Waals surface area (Å²) in [6.07, 6.45) is 3.78. The number of aliphatic hydroxyl groups is 1. The largest absolute Gasteiger partial charge is 0.394 e. The first kappa shape index (κ1) is 12.7. The van der Waals surface area contributed by atoms with Crippen LogP contribution in [0.15, 0.2) is 30.5 Å². The number of aromatic nitrogens is 1. The van der Waals surface area contributed by atoms with E-state index in [-0.39, 0.29) is 12.1 Å². The fourth-order valence-corrected chi connectivity index (χ4v) is 2.71. The second-order valence-corrected chi connectivity index (χ2v) is 5.26. The molecule has 1 aromatic heterocycles. The molecule has 0 spiro atoms. The number of nitrogens with one attached hydrogen (secondary N) is 2. The van der Waals surface area contributed by atoms with Gasteiger partial charge >= 0.3 is 0 Å². The van der Waals surface area contributed by atoms with Gasteiger partial charge in [0.05, 0.1) is 6.61 Å². The Hall–Kier alpha value is -1.36. The lowest BCUT2D eigenvalue weighted by atomic mass is 9.90. The second-order valence-electron chi connectivity index (χ2n) is 5.26. The van der Waals surface area contributed by atoms with Gasteiger partial charge in [0.2, 0.25) is 0 Å². The molecule has 1 fully saturated rings. The molecule has 19 heavy (non-hydrogen) atoms. The fraction of sp³-hybridized carbons (Fsp3) is 0.467. The molecule has 4 nitrogen and oxygen atoms in total. The van der Waals surface area contributed by atoms with E-state index in [1.54, 1.807) is 0 Å². The van der Waals surface area contributed by atoms with E-state index >= 15 is 0 Å². The van der Waals surface area contributed by atoms with Crippen LogP contribution in [-0.4, -0.2) is 35.5 Å². The van der Waals surface area contributed by atoms with Gasteiger partial charge in [-0.3, -0.25) is 0 Å². The van der Waals surface area contributed by atoms with Gasteiger partial charge in [0, 0.05) is 42.4 Å². The molecule has 4 heteroatoms. The smallest absolute Gasteiger partial charge is 0.0615 e. The highest BCUT2D eigenvalue weighted by atomic mass is 16.5. The van der Waals surface area contributed by atoms with Crippen molar-refractivity contribution in [3.63, 3.8) is 0 Å². The van der Waals surface area contributed by atoms with Crippen molar-refractivity contribution in [2.45, 2.75) is 24.9 Å². The Morgan fingerprint density at radius 2 is 2.05 bits per heavy atom. The van der Waals surface area contributed by atoms with Crippen LogP contribution in [0.1, 0.15) is 18.4 Å². The Kier molecular flexibility index (Phi) is 3.55. The summed E-state index contributed by atoms with van der Waals surface area (Å²) in [4.78, 5) is 3.28. The molecule has 102 valence electrons. The summed E-state index contributed by atoms with van der Waals surface area (Å²) in [6, 6.07) is 8.28. The Bertz CT molecular complexity index is 544. The van der Waals surface area contributed by atoms with Crippen molar-refractivity contribution >= 4 is 10.9 Å². The molecule has 0 aliphatic carbocycles. The molecule has 1 saturated heterocycles. The van der Waals surface area contributed by atoms with E-state index in [9.17, 15) is 5.11 Å². The van der Waals surface area contributed by atoms with Crippen molar-refractivity contribution in [3.8, 4) is 0 Å². The number of aliphatic hydroxyl groups excluding tert-OH is 1. The molecular formula is C15H20N2O2. The van der Waals surface area contributed by atoms with Gasteiger partial charge in [-0.2, -0.15) is 0 Å². The molecule has 3 N–H and O–H groups in total. The fourth-order valence-electron chi connectivity index (χ4n) is 2.71. The SMILES string of the molecule is OCC1(NCc2c[nH]c3ccccc23)CCOCC1. The lowest BCUT2D eigenvalue weighted by Gasteiger charge is -2.36. The minimum atomic E-state index is -0.184. The summed E-state index contributed by atoms with van der Waals surface area (Å²) >= 11 is 0. The van der Waals surface area contributed by atoms with Crippen LogP contribution in [-0.2, 0) is 11.3 Å². The van der Waals surface area contributed by atoms with E-state index < -0.39 is 0 Å². The number of aromatic amines is 1. The van der Waals surface area contributed by atoms with Crippen molar-refractivity contribution in [1.29, 1.82) is 0 Å². The first-order valence-electron chi connectivity index (χ1n) is 6.82. The molecule has 0 atom stereocenters. The van der Waals surface area contributed by atoms with Gasteiger partial charge in [0.1, 0.15) is 0 Å². The summed E-state index contributed by atoms with van der Waals surface area (Å²) in [5, 5.41) is 14.4. The van der Waals surface area contributed by atoms with E-state index in [0.717, 1.165) is 38.1 Å². The molecule has 1 aliphatic heterocycles. The van der Waals surface area contributed by atoms with Crippen LogP contribution >= 0.6 is 0 Å². The molecule has 2 aromatic rings. The standard InChI is InChI=1S/C15H20N2O2/c18-11-15(5-7-19-8-6-15)17-10-12-9-16-14-4-2-1-3-13(12)14/h1-4,9,16-18H,5-8,10-11H2. The monoisotopic (exact) mass is 260 g/mol. The maximum atomic E-state index is 9.66. The quantitative estimate of drug-likeness (QED) is 0.785. The van der Waals surface area contributed by atoms with Gasteiger partial charge in [-0.15, -0.1) is 0 Å². The van der Waals surface area contributed by atoms with E-state index in [1.165, 1.54) is 10.9 Å². The first-order valence-corrected chi connectivity index (χ1v) is 6.82. The van der Waals surface area contributed by atoms with Crippen LogP contribution < -0.4 is 5.32 Å². The van der Waals surface area contributed by atoms with Gasteiger partial charge in [0.15, 0.2) is 0 Å². The highest BCUT2D eigenvalue weighted by Gasteiger charge is 2.31. The van der Waals surface area contributed by atoms with E-state index in [0.29, 0.717) is 0 Å². The Balaban J connectivity index is 1.74. The second kappa shape index (κ2) is 5.33. The minimum Gasteiger partial charge on any atom is -0.394 e. The van der Waals surface area contributed by atoms with Crippen LogP contribution in [0.25, 0.3) is 10.9 Å². The average molecular weight is 260 g/mol. The van der Waals surface area contributed by atoms with Crippen molar-refractivity contribution < 1.29 is 9.84 Å². The van der Waals surface area contributed by atoms with Crippen LogP contribution in [0.4, 0.5) is 0 Å². The van der Waals surface area contributed by atoms with Gasteiger partial charge in [-0.05, 0) is 24.5 Å². The topological polar surface area (TPSA) is 57.3 Å². The highest BCUT2D eigenvalue weighted by Crippen LogP contribution is 2.23. The average Bonchev–Trinajstić information content (AvgIpc) is 2.89. The highest BCUT2D eigenvalue weighted by molar-refractivity contribution is 5.82. The van der Waals surface area contributed by atoms with Gasteiger partial charge in [-0.1, -0.05) is 18.2 Å². The number of hydrogen-bond donors (Lipinski definition) is 3. The lowest BCUT2D eigenvalue weighted by molar-refractivity contribution is 0.0112. The van der Waals surface area contributed by atoms with Gasteiger partial charge in [0.25, 0.3) is 0 Å². The minimum absolute atomic E-state index is 0.165. The summed E-state index contributed by atoms with van der Waals surface area (Å²) in [6.45, 7) is 2.38. The normalized spacial score (nSPS) is 18.8. The van der Waals surface area contributed by atoms with Gasteiger partial charge < -0.3 is 20.1 Å². The van der Waals surface area contributed by atoms with Crippen molar-refractivity contribution in [2.24, 2.45) is 0 Å². The molecular weight excluding hydrogens is 240 g/mol. The summed E-state index contributed by atoms with van der Waals surface area (Å²) in [5.74, 6) is 0. The maximum Gasteiger partial charge on any atom is 0.0615 e. The third kappa shape index (κ3) is 2.52. The van der Waals surface area contributed by atoms with Crippen LogP contribution in [0, 0.1) is 0 Å². The molecule has 0 unspecified atom stereocenters. The zero-order chi connectivity index (χ0) is 13.1. The molecule has 0 bridgehead atoms. The zero-order valence-electron chi connectivity index (χ0n) is 11.0. The van der Waals surface area contributed by atoms with Crippen LogP contribution in [0.2, 0.25) is 0 Å². The summed E-state index contributed by atoms with van der Waals surface area (Å²) in [7, 11) is 0. The third-order valence-electron chi connectivity index (χ3n) is 4.08. The molecule has 3 rings (SSSR count). The number of fused-ring (bicyclic) bond motifs is 1. The number of hydrogen-bond acceptors (Lipinski definition) is 3. The van der Waals surface area contributed by atoms with Gasteiger partial charge in [-0.25, -0.2) is 0 Å². The molecule has 0 saturated carbocycles. The lowest BCUT2D eigenvalue weighted by Crippen LogP contribution is -2.51. The summed E-state index contributed by atoms with van der Waals surface area (Å²) < 4.78 is 5.38. The third-order valence-corrected chi connectivity index (χ3v) is 4.08. The Morgan fingerprint density at radius 3 is 2.84 bits per heavy atom. The molecule has 1 aliphatic rings. The van der Waals surface area contributed by atoms with Crippen molar-refractivity contribution in [2.75, 3.05) is 19.8 Å². The van der Waals surface area contributed by atoms with E-state index in [1.807, 2.05) is 12.3 Å². The molecule has 0 amide bonds. The number of rotatable bonds is 4.